The Morgan fingerprint density at radius 2 is 2.22 bits per heavy atom. The predicted octanol–water partition coefficient (Wildman–Crippen LogP) is 1.74. The Morgan fingerprint density at radius 1 is 1.28 bits per heavy atom. The van der Waals surface area contributed by atoms with Crippen LogP contribution in [0.3, 0.4) is 0 Å². The van der Waals surface area contributed by atoms with Gasteiger partial charge in [-0.15, -0.1) is 11.3 Å². The van der Waals surface area contributed by atoms with Crippen LogP contribution in [0.4, 0.5) is 0 Å². The molecule has 0 fully saturated rings. The average Bonchev–Trinajstić information content (AvgIpc) is 3.02. The molecule has 0 bridgehead atoms. The molecule has 6 heteroatoms. The Bertz CT molecular complexity index is 698. The molecule has 0 aliphatic heterocycles. The van der Waals surface area contributed by atoms with Crippen molar-refractivity contribution in [1.29, 1.82) is 0 Å². The van der Waals surface area contributed by atoms with Crippen LogP contribution in [0.2, 0.25) is 0 Å². The summed E-state index contributed by atoms with van der Waals surface area (Å²) in [5, 5.41) is 1.90. The zero-order chi connectivity index (χ0) is 12.4. The van der Waals surface area contributed by atoms with E-state index in [1.165, 1.54) is 11.3 Å². The molecule has 0 spiro atoms. The number of hydrogen-bond donors (Lipinski definition) is 0. The summed E-state index contributed by atoms with van der Waals surface area (Å²) in [4.78, 5) is 20.4. The molecular formula is C12H12N4OS. The third kappa shape index (κ3) is 2.06. The van der Waals surface area contributed by atoms with Gasteiger partial charge >= 0.3 is 0 Å². The summed E-state index contributed by atoms with van der Waals surface area (Å²) < 4.78 is 4.41. The predicted molar refractivity (Wildman–Crippen MR) is 70.7 cm³/mol. The minimum atomic E-state index is 0.0561. The van der Waals surface area contributed by atoms with Crippen LogP contribution >= 0.6 is 11.3 Å². The van der Waals surface area contributed by atoms with E-state index in [2.05, 4.69) is 9.97 Å². The molecule has 0 N–H and O–H groups in total. The molecule has 3 aromatic heterocycles. The molecule has 3 heterocycles. The van der Waals surface area contributed by atoms with Crippen LogP contribution in [0.15, 0.2) is 41.3 Å². The van der Waals surface area contributed by atoms with Gasteiger partial charge in [0.1, 0.15) is 4.70 Å². The fraction of sp³-hybridized carbons (Fsp3) is 0.250. The van der Waals surface area contributed by atoms with E-state index in [0.717, 1.165) is 23.2 Å². The topological polar surface area (TPSA) is 52.7 Å². The molecular weight excluding hydrogens is 248 g/mol. The Balaban J connectivity index is 1.74. The van der Waals surface area contributed by atoms with Crippen LogP contribution in [-0.4, -0.2) is 19.1 Å². The van der Waals surface area contributed by atoms with Gasteiger partial charge in [0.05, 0.1) is 18.2 Å². The van der Waals surface area contributed by atoms with Crippen molar-refractivity contribution >= 4 is 21.6 Å². The van der Waals surface area contributed by atoms with Gasteiger partial charge in [0.15, 0.2) is 0 Å². The van der Waals surface area contributed by atoms with E-state index < -0.39 is 0 Å². The van der Waals surface area contributed by atoms with E-state index in [0.29, 0.717) is 6.54 Å². The van der Waals surface area contributed by atoms with Gasteiger partial charge in [0.25, 0.3) is 5.56 Å². The summed E-state index contributed by atoms with van der Waals surface area (Å²) in [5.74, 6) is 0. The number of hydrogen-bond acceptors (Lipinski definition) is 4. The number of aromatic nitrogens is 4. The monoisotopic (exact) mass is 260 g/mol. The number of nitrogens with zero attached hydrogens (tertiary/aromatic N) is 4. The smallest absolute Gasteiger partial charge is 0.271 e. The lowest BCUT2D eigenvalue weighted by atomic mass is 10.4. The van der Waals surface area contributed by atoms with Crippen molar-refractivity contribution in [2.24, 2.45) is 0 Å². The third-order valence-corrected chi connectivity index (χ3v) is 3.70. The molecule has 0 amide bonds. The van der Waals surface area contributed by atoms with Gasteiger partial charge in [-0.2, -0.15) is 0 Å². The Kier molecular flexibility index (Phi) is 2.93. The second-order valence-electron chi connectivity index (χ2n) is 4.03. The van der Waals surface area contributed by atoms with Crippen molar-refractivity contribution in [2.45, 2.75) is 19.5 Å². The Labute approximate surface area is 107 Å². The largest absolute Gasteiger partial charge is 0.337 e. The van der Waals surface area contributed by atoms with E-state index in [4.69, 9.17) is 0 Å². The number of thiophene rings is 1. The van der Waals surface area contributed by atoms with Gasteiger partial charge in [-0.3, -0.25) is 9.36 Å². The van der Waals surface area contributed by atoms with Crippen LogP contribution in [0.5, 0.6) is 0 Å². The highest BCUT2D eigenvalue weighted by molar-refractivity contribution is 7.17. The van der Waals surface area contributed by atoms with Crippen molar-refractivity contribution in [3.63, 3.8) is 0 Å². The van der Waals surface area contributed by atoms with Gasteiger partial charge in [-0.05, 0) is 17.9 Å². The molecule has 0 unspecified atom stereocenters. The number of aryl methyl sites for hydroxylation is 2. The molecule has 5 nitrogen and oxygen atoms in total. The van der Waals surface area contributed by atoms with E-state index in [1.54, 1.807) is 23.4 Å². The molecule has 0 saturated carbocycles. The number of rotatable bonds is 4. The molecule has 0 saturated heterocycles. The first kappa shape index (κ1) is 11.2. The lowest BCUT2D eigenvalue weighted by molar-refractivity contribution is 0.550. The van der Waals surface area contributed by atoms with Gasteiger partial charge in [0, 0.05) is 25.5 Å². The summed E-state index contributed by atoms with van der Waals surface area (Å²) in [7, 11) is 0. The van der Waals surface area contributed by atoms with Crippen LogP contribution in [-0.2, 0) is 13.1 Å². The number of fused-ring (bicyclic) bond motifs is 1. The van der Waals surface area contributed by atoms with Gasteiger partial charge in [-0.25, -0.2) is 9.97 Å². The molecule has 0 aliphatic rings. The minimum Gasteiger partial charge on any atom is -0.337 e. The third-order valence-electron chi connectivity index (χ3n) is 2.81. The van der Waals surface area contributed by atoms with E-state index in [1.807, 2.05) is 22.2 Å². The van der Waals surface area contributed by atoms with Crippen molar-refractivity contribution < 1.29 is 0 Å². The highest BCUT2D eigenvalue weighted by atomic mass is 32.1. The van der Waals surface area contributed by atoms with Gasteiger partial charge in [0.2, 0.25) is 0 Å². The standard InChI is InChI=1S/C12H12N4OS/c17-12-11-10(2-7-18-11)14-9-16(12)5-1-4-15-6-3-13-8-15/h2-3,6-9H,1,4-5H2. The minimum absolute atomic E-state index is 0.0561. The summed E-state index contributed by atoms with van der Waals surface area (Å²) in [5.41, 5.74) is 0.844. The summed E-state index contributed by atoms with van der Waals surface area (Å²) >= 11 is 1.45. The van der Waals surface area contributed by atoms with Crippen molar-refractivity contribution in [3.8, 4) is 0 Å². The second-order valence-corrected chi connectivity index (χ2v) is 4.95. The molecule has 92 valence electrons. The van der Waals surface area contributed by atoms with Crippen molar-refractivity contribution in [3.05, 3.63) is 46.8 Å². The highest BCUT2D eigenvalue weighted by Gasteiger charge is 2.04. The summed E-state index contributed by atoms with van der Waals surface area (Å²) in [6.07, 6.45) is 7.97. The quantitative estimate of drug-likeness (QED) is 0.718. The van der Waals surface area contributed by atoms with Gasteiger partial charge in [-0.1, -0.05) is 0 Å². The molecule has 18 heavy (non-hydrogen) atoms. The maximum Gasteiger partial charge on any atom is 0.271 e. The van der Waals surface area contributed by atoms with Crippen LogP contribution in [0.25, 0.3) is 10.2 Å². The first-order valence-electron chi connectivity index (χ1n) is 5.73. The van der Waals surface area contributed by atoms with Crippen molar-refractivity contribution in [1.82, 2.24) is 19.1 Å². The van der Waals surface area contributed by atoms with E-state index >= 15 is 0 Å². The first-order valence-corrected chi connectivity index (χ1v) is 6.61. The van der Waals surface area contributed by atoms with E-state index in [-0.39, 0.29) is 5.56 Å². The molecule has 0 aliphatic carbocycles. The lowest BCUT2D eigenvalue weighted by Gasteiger charge is -2.05. The lowest BCUT2D eigenvalue weighted by Crippen LogP contribution is -2.20. The fourth-order valence-corrected chi connectivity index (χ4v) is 2.67. The van der Waals surface area contributed by atoms with Gasteiger partial charge < -0.3 is 4.57 Å². The van der Waals surface area contributed by atoms with E-state index in [9.17, 15) is 4.79 Å². The maximum atomic E-state index is 12.1. The SMILES string of the molecule is O=c1c2sccc2ncn1CCCn1ccnc1. The van der Waals surface area contributed by atoms with Crippen LogP contribution in [0.1, 0.15) is 6.42 Å². The fourth-order valence-electron chi connectivity index (χ4n) is 1.88. The molecule has 0 aromatic carbocycles. The number of imidazole rings is 1. The Morgan fingerprint density at radius 3 is 3.06 bits per heavy atom. The second kappa shape index (κ2) is 4.73. The Hall–Kier alpha value is -1.95. The van der Waals surface area contributed by atoms with Crippen LogP contribution < -0.4 is 5.56 Å². The maximum absolute atomic E-state index is 12.1. The first-order chi connectivity index (χ1) is 8.84. The summed E-state index contributed by atoms with van der Waals surface area (Å²) in [6, 6.07) is 1.87. The highest BCUT2D eigenvalue weighted by Crippen LogP contribution is 2.13. The molecule has 0 radical (unpaired) electrons. The molecule has 3 aromatic rings. The average molecular weight is 260 g/mol. The van der Waals surface area contributed by atoms with Crippen LogP contribution in [0, 0.1) is 0 Å². The zero-order valence-electron chi connectivity index (χ0n) is 9.69. The normalized spacial score (nSPS) is 11.1. The molecule has 3 rings (SSSR count). The zero-order valence-corrected chi connectivity index (χ0v) is 10.5. The molecule has 0 atom stereocenters. The summed E-state index contributed by atoms with van der Waals surface area (Å²) in [6.45, 7) is 1.53. The van der Waals surface area contributed by atoms with Crippen molar-refractivity contribution in [2.75, 3.05) is 0 Å².